The molecule has 204 valence electrons. The number of methoxy groups -OCH3 is 2. The molecular weight excluding hydrogens is 484 g/mol. The predicted molar refractivity (Wildman–Crippen MR) is 146 cm³/mol. The van der Waals surface area contributed by atoms with Gasteiger partial charge < -0.3 is 24.3 Å². The van der Waals surface area contributed by atoms with E-state index in [2.05, 4.69) is 20.9 Å². The molecule has 0 aliphatic rings. The third kappa shape index (κ3) is 13.6. The Bertz CT molecular complexity index is 876. The number of thioether (sulfide) groups is 1. The van der Waals surface area contributed by atoms with Gasteiger partial charge in [0.2, 0.25) is 0 Å². The first kappa shape index (κ1) is 31.5. The largest absolute Gasteiger partial charge is 0.444 e. The molecule has 1 aromatic carbocycles. The second-order valence-corrected chi connectivity index (χ2v) is 11.1. The van der Waals surface area contributed by atoms with Crippen molar-refractivity contribution in [3.8, 4) is 0 Å². The molecule has 36 heavy (non-hydrogen) atoms. The van der Waals surface area contributed by atoms with E-state index in [0.717, 1.165) is 6.42 Å². The maximum absolute atomic E-state index is 12.5. The summed E-state index contributed by atoms with van der Waals surface area (Å²) in [6, 6.07) is 5.33. The van der Waals surface area contributed by atoms with Crippen LogP contribution in [0, 0.1) is 0 Å². The molecule has 11 heteroatoms. The fraction of sp³-hybridized carbons (Fsp3) is 0.640. The molecule has 0 unspecified atom stereocenters. The lowest BCUT2D eigenvalue weighted by Crippen LogP contribution is -2.35. The number of amidine groups is 1. The zero-order valence-corrected chi connectivity index (χ0v) is 23.8. The highest BCUT2D eigenvalue weighted by Gasteiger charge is 2.19. The van der Waals surface area contributed by atoms with E-state index in [4.69, 9.17) is 18.9 Å². The highest BCUT2D eigenvalue weighted by molar-refractivity contribution is 8.13. The van der Waals surface area contributed by atoms with Crippen molar-refractivity contribution in [3.05, 3.63) is 18.2 Å². The summed E-state index contributed by atoms with van der Waals surface area (Å²) in [6.45, 7) is 13.4. The number of anilines is 2. The van der Waals surface area contributed by atoms with Gasteiger partial charge in [-0.05, 0) is 78.3 Å². The number of carbonyl (C=O) groups is 2. The van der Waals surface area contributed by atoms with Gasteiger partial charge in [0.15, 0.2) is 11.5 Å². The molecule has 0 fully saturated rings. The van der Waals surface area contributed by atoms with E-state index in [1.54, 1.807) is 67.9 Å². The van der Waals surface area contributed by atoms with Gasteiger partial charge in [-0.25, -0.2) is 14.6 Å². The third-order valence-electron chi connectivity index (χ3n) is 4.22. The monoisotopic (exact) mass is 526 g/mol. The fourth-order valence-electron chi connectivity index (χ4n) is 2.84. The van der Waals surface area contributed by atoms with Gasteiger partial charge in [0.25, 0.3) is 0 Å². The van der Waals surface area contributed by atoms with Gasteiger partial charge in [0, 0.05) is 20.8 Å². The lowest BCUT2D eigenvalue weighted by atomic mass is 10.2. The van der Waals surface area contributed by atoms with Crippen molar-refractivity contribution >= 4 is 46.2 Å². The number of rotatable bonds is 10. The van der Waals surface area contributed by atoms with Gasteiger partial charge in [0.05, 0.1) is 17.1 Å². The Balaban J connectivity index is 3.12. The zero-order chi connectivity index (χ0) is 27.4. The molecule has 0 saturated heterocycles. The molecule has 0 atom stereocenters. The van der Waals surface area contributed by atoms with Crippen LogP contribution in [0.4, 0.5) is 26.7 Å². The minimum absolute atomic E-state index is 0.269. The molecule has 2 amide bonds. The Kier molecular flexibility index (Phi) is 13.1. The quantitative estimate of drug-likeness (QED) is 0.145. The molecule has 0 aromatic heterocycles. The van der Waals surface area contributed by atoms with Gasteiger partial charge in [-0.15, -0.1) is 0 Å². The molecule has 0 aliphatic heterocycles. The van der Waals surface area contributed by atoms with Crippen molar-refractivity contribution in [3.63, 3.8) is 0 Å². The standard InChI is InChI=1S/C25H42N4O6S/c1-10-36-21(29-23(31)35-25(5,6)7)27-17-13-14-18(26-15-11-12-20(32-8)33-9)19(16-17)28-22(30)34-24(2,3)4/h13-14,16,20,26H,10-12,15H2,1-9H3,(H,28,30)(H,27,29,31). The van der Waals surface area contributed by atoms with Crippen LogP contribution in [-0.2, 0) is 18.9 Å². The normalized spacial score (nSPS) is 12.3. The molecule has 3 N–H and O–H groups in total. The molecule has 1 aromatic rings. The lowest BCUT2D eigenvalue weighted by molar-refractivity contribution is -0.106. The summed E-state index contributed by atoms with van der Waals surface area (Å²) in [5.74, 6) is 0.696. The third-order valence-corrected chi connectivity index (χ3v) is 4.97. The van der Waals surface area contributed by atoms with Crippen LogP contribution in [0.1, 0.15) is 61.3 Å². The number of nitrogens with zero attached hydrogens (tertiary/aromatic N) is 1. The SMILES string of the molecule is CCSC(=Nc1ccc(NCCCC(OC)OC)c(NC(=O)OC(C)(C)C)c1)NC(=O)OC(C)(C)C. The number of aliphatic imine (C=N–C) groups is 1. The summed E-state index contributed by atoms with van der Waals surface area (Å²) in [5, 5.41) is 9.20. The molecule has 10 nitrogen and oxygen atoms in total. The van der Waals surface area contributed by atoms with Crippen molar-refractivity contribution in [1.82, 2.24) is 5.32 Å². The van der Waals surface area contributed by atoms with Gasteiger partial charge in [-0.3, -0.25) is 10.6 Å². The van der Waals surface area contributed by atoms with Crippen LogP contribution in [0.5, 0.6) is 0 Å². The Labute approximate surface area is 219 Å². The molecule has 0 aliphatic carbocycles. The average Bonchev–Trinajstić information content (AvgIpc) is 2.72. The molecule has 0 heterocycles. The van der Waals surface area contributed by atoms with E-state index in [1.807, 2.05) is 13.0 Å². The number of ether oxygens (including phenoxy) is 4. The first-order valence-electron chi connectivity index (χ1n) is 11.9. The first-order chi connectivity index (χ1) is 16.8. The van der Waals surface area contributed by atoms with E-state index in [0.29, 0.717) is 40.9 Å². The minimum Gasteiger partial charge on any atom is -0.444 e. The number of carbonyl (C=O) groups excluding carboxylic acids is 2. The maximum atomic E-state index is 12.5. The van der Waals surface area contributed by atoms with Crippen LogP contribution < -0.4 is 16.0 Å². The van der Waals surface area contributed by atoms with Gasteiger partial charge >= 0.3 is 12.2 Å². The fourth-order valence-corrected chi connectivity index (χ4v) is 3.44. The van der Waals surface area contributed by atoms with Crippen LogP contribution in [-0.4, -0.2) is 61.4 Å². The van der Waals surface area contributed by atoms with Crippen LogP contribution in [0.15, 0.2) is 23.2 Å². The van der Waals surface area contributed by atoms with E-state index in [9.17, 15) is 9.59 Å². The van der Waals surface area contributed by atoms with E-state index < -0.39 is 23.4 Å². The summed E-state index contributed by atoms with van der Waals surface area (Å²) in [7, 11) is 3.21. The second kappa shape index (κ2) is 14.9. The number of benzene rings is 1. The van der Waals surface area contributed by atoms with E-state index >= 15 is 0 Å². The Morgan fingerprint density at radius 1 is 0.972 bits per heavy atom. The van der Waals surface area contributed by atoms with Crippen LogP contribution >= 0.6 is 11.8 Å². The Hall–Kier alpha value is -2.50. The number of hydrogen-bond acceptors (Lipinski definition) is 9. The molecule has 0 radical (unpaired) electrons. The first-order valence-corrected chi connectivity index (χ1v) is 12.9. The van der Waals surface area contributed by atoms with Crippen molar-refractivity contribution in [2.45, 2.75) is 78.8 Å². The maximum Gasteiger partial charge on any atom is 0.413 e. The molecule has 0 bridgehead atoms. The molecule has 0 saturated carbocycles. The Morgan fingerprint density at radius 3 is 2.14 bits per heavy atom. The van der Waals surface area contributed by atoms with Crippen molar-refractivity contribution in [2.75, 3.05) is 37.2 Å². The Morgan fingerprint density at radius 2 is 1.58 bits per heavy atom. The minimum atomic E-state index is -0.648. The van der Waals surface area contributed by atoms with Gasteiger partial charge in [-0.2, -0.15) is 0 Å². The lowest BCUT2D eigenvalue weighted by Gasteiger charge is -2.21. The highest BCUT2D eigenvalue weighted by atomic mass is 32.2. The van der Waals surface area contributed by atoms with Gasteiger partial charge in [-0.1, -0.05) is 18.7 Å². The second-order valence-electron chi connectivity index (χ2n) is 9.80. The number of alkyl carbamates (subject to hydrolysis) is 1. The van der Waals surface area contributed by atoms with Crippen molar-refractivity contribution in [2.24, 2.45) is 4.99 Å². The summed E-state index contributed by atoms with van der Waals surface area (Å²) in [4.78, 5) is 29.3. The van der Waals surface area contributed by atoms with E-state index in [-0.39, 0.29) is 6.29 Å². The van der Waals surface area contributed by atoms with Crippen LogP contribution in [0.2, 0.25) is 0 Å². The van der Waals surface area contributed by atoms with Crippen molar-refractivity contribution < 1.29 is 28.5 Å². The number of amides is 2. The highest BCUT2D eigenvalue weighted by Crippen LogP contribution is 2.29. The number of nitrogens with one attached hydrogen (secondary N) is 3. The topological polar surface area (TPSA) is 120 Å². The van der Waals surface area contributed by atoms with Crippen LogP contribution in [0.3, 0.4) is 0 Å². The summed E-state index contributed by atoms with van der Waals surface area (Å²) in [6.07, 6.45) is 0.0637. The van der Waals surface area contributed by atoms with Crippen molar-refractivity contribution in [1.29, 1.82) is 0 Å². The van der Waals surface area contributed by atoms with Crippen LogP contribution in [0.25, 0.3) is 0 Å². The zero-order valence-electron chi connectivity index (χ0n) is 22.9. The number of hydrogen-bond donors (Lipinski definition) is 3. The smallest absolute Gasteiger partial charge is 0.413 e. The van der Waals surface area contributed by atoms with E-state index in [1.165, 1.54) is 11.8 Å². The summed E-state index contributed by atoms with van der Waals surface area (Å²) < 4.78 is 21.2. The van der Waals surface area contributed by atoms with Gasteiger partial charge in [0.1, 0.15) is 11.2 Å². The predicted octanol–water partition coefficient (Wildman–Crippen LogP) is 6.11. The average molecular weight is 527 g/mol. The summed E-state index contributed by atoms with van der Waals surface area (Å²) in [5.41, 5.74) is 0.466. The molecule has 1 rings (SSSR count). The summed E-state index contributed by atoms with van der Waals surface area (Å²) >= 11 is 1.37. The molecular formula is C25H42N4O6S. The molecule has 0 spiro atoms.